The first-order valence-electron chi connectivity index (χ1n) is 9.96. The van der Waals surface area contributed by atoms with Crippen molar-refractivity contribution < 1.29 is 4.79 Å². The van der Waals surface area contributed by atoms with E-state index in [1.165, 1.54) is 19.3 Å². The van der Waals surface area contributed by atoms with Crippen LogP contribution in [0.3, 0.4) is 0 Å². The van der Waals surface area contributed by atoms with E-state index in [2.05, 4.69) is 19.2 Å². The van der Waals surface area contributed by atoms with Crippen LogP contribution < -0.4 is 5.32 Å². The van der Waals surface area contributed by atoms with E-state index in [-0.39, 0.29) is 5.91 Å². The lowest BCUT2D eigenvalue weighted by Gasteiger charge is -2.16. The van der Waals surface area contributed by atoms with E-state index in [4.69, 9.17) is 4.98 Å². The molecule has 0 bridgehead atoms. The van der Waals surface area contributed by atoms with Crippen LogP contribution in [-0.4, -0.2) is 17.4 Å². The summed E-state index contributed by atoms with van der Waals surface area (Å²) >= 11 is 0. The highest BCUT2D eigenvalue weighted by Crippen LogP contribution is 2.25. The molecule has 0 aliphatic heterocycles. The molecular formula is C24H28N2O. The predicted molar refractivity (Wildman–Crippen MR) is 113 cm³/mol. The lowest BCUT2D eigenvalue weighted by atomic mass is 9.99. The molecule has 0 fully saturated rings. The average molecular weight is 361 g/mol. The summed E-state index contributed by atoms with van der Waals surface area (Å²) in [4.78, 5) is 17.8. The fourth-order valence-corrected chi connectivity index (χ4v) is 3.40. The summed E-state index contributed by atoms with van der Waals surface area (Å²) < 4.78 is 0. The first-order chi connectivity index (χ1) is 13.2. The molecular weight excluding hydrogens is 332 g/mol. The van der Waals surface area contributed by atoms with E-state index in [1.807, 2.05) is 60.7 Å². The van der Waals surface area contributed by atoms with Crippen LogP contribution in [-0.2, 0) is 0 Å². The smallest absolute Gasteiger partial charge is 0.252 e. The van der Waals surface area contributed by atoms with E-state index in [0.29, 0.717) is 11.5 Å². The number of fused-ring (bicyclic) bond motifs is 1. The predicted octanol–water partition coefficient (Wildman–Crippen LogP) is 5.85. The van der Waals surface area contributed by atoms with Crippen molar-refractivity contribution in [2.45, 2.75) is 39.5 Å². The lowest BCUT2D eigenvalue weighted by molar-refractivity contribution is 0.0947. The van der Waals surface area contributed by atoms with Crippen molar-refractivity contribution in [1.82, 2.24) is 10.3 Å². The molecule has 27 heavy (non-hydrogen) atoms. The van der Waals surface area contributed by atoms with E-state index in [9.17, 15) is 4.79 Å². The van der Waals surface area contributed by atoms with Crippen molar-refractivity contribution in [1.29, 1.82) is 0 Å². The van der Waals surface area contributed by atoms with Crippen molar-refractivity contribution in [2.24, 2.45) is 5.92 Å². The highest BCUT2D eigenvalue weighted by atomic mass is 16.1. The molecule has 1 atom stereocenters. The molecule has 1 N–H and O–H groups in total. The molecule has 3 nitrogen and oxygen atoms in total. The molecule has 1 aromatic heterocycles. The van der Waals surface area contributed by atoms with Gasteiger partial charge < -0.3 is 5.32 Å². The van der Waals surface area contributed by atoms with Crippen LogP contribution >= 0.6 is 0 Å². The molecule has 2 aromatic carbocycles. The molecule has 3 rings (SSSR count). The maximum atomic E-state index is 13.0. The van der Waals surface area contributed by atoms with Gasteiger partial charge in [0, 0.05) is 17.5 Å². The van der Waals surface area contributed by atoms with Crippen LogP contribution in [0.5, 0.6) is 0 Å². The summed E-state index contributed by atoms with van der Waals surface area (Å²) in [5.74, 6) is 0.524. The minimum absolute atomic E-state index is 0.0132. The topological polar surface area (TPSA) is 42.0 Å². The summed E-state index contributed by atoms with van der Waals surface area (Å²) in [6.45, 7) is 5.13. The number of unbranched alkanes of at least 4 members (excludes halogenated alkanes) is 1. The number of rotatable bonds is 8. The molecule has 0 spiro atoms. The number of carbonyl (C=O) groups excluding carboxylic acids is 1. The number of amides is 1. The van der Waals surface area contributed by atoms with Crippen molar-refractivity contribution in [3.63, 3.8) is 0 Å². The van der Waals surface area contributed by atoms with Gasteiger partial charge in [0.1, 0.15) is 0 Å². The van der Waals surface area contributed by atoms with Gasteiger partial charge in [-0.3, -0.25) is 4.79 Å². The number of pyridine rings is 1. The van der Waals surface area contributed by atoms with Gasteiger partial charge in [-0.25, -0.2) is 4.98 Å². The SMILES string of the molecule is CCCC[C@@H](CC)CNC(=O)c1cc(-c2ccccc2)nc2ccccc12. The summed E-state index contributed by atoms with van der Waals surface area (Å²) in [6, 6.07) is 19.8. The number of nitrogens with one attached hydrogen (secondary N) is 1. The summed E-state index contributed by atoms with van der Waals surface area (Å²) in [7, 11) is 0. The second kappa shape index (κ2) is 9.31. The Balaban J connectivity index is 1.89. The number of benzene rings is 2. The molecule has 0 radical (unpaired) electrons. The Morgan fingerprint density at radius 2 is 1.78 bits per heavy atom. The molecule has 0 aliphatic rings. The average Bonchev–Trinajstić information content (AvgIpc) is 2.73. The lowest BCUT2D eigenvalue weighted by Crippen LogP contribution is -2.29. The largest absolute Gasteiger partial charge is 0.352 e. The van der Waals surface area contributed by atoms with Gasteiger partial charge in [0.15, 0.2) is 0 Å². The van der Waals surface area contributed by atoms with E-state index >= 15 is 0 Å². The van der Waals surface area contributed by atoms with Crippen LogP contribution in [0.4, 0.5) is 0 Å². The summed E-state index contributed by atoms with van der Waals surface area (Å²) in [6.07, 6.45) is 4.66. The van der Waals surface area contributed by atoms with Gasteiger partial charge in [0.05, 0.1) is 16.8 Å². The fourth-order valence-electron chi connectivity index (χ4n) is 3.40. The van der Waals surface area contributed by atoms with E-state index in [0.717, 1.165) is 35.1 Å². The summed E-state index contributed by atoms with van der Waals surface area (Å²) in [5.41, 5.74) is 3.40. The molecule has 0 saturated heterocycles. The van der Waals surface area contributed by atoms with E-state index in [1.54, 1.807) is 0 Å². The molecule has 1 heterocycles. The van der Waals surface area contributed by atoms with Crippen LogP contribution in [0.2, 0.25) is 0 Å². The van der Waals surface area contributed by atoms with Gasteiger partial charge in [0.25, 0.3) is 5.91 Å². The molecule has 3 heteroatoms. The zero-order chi connectivity index (χ0) is 19.1. The van der Waals surface area contributed by atoms with Crippen LogP contribution in [0.15, 0.2) is 60.7 Å². The third kappa shape index (κ3) is 4.73. The van der Waals surface area contributed by atoms with Gasteiger partial charge in [-0.1, -0.05) is 81.6 Å². The first-order valence-corrected chi connectivity index (χ1v) is 9.96. The Labute approximate surface area is 161 Å². The number of nitrogens with zero attached hydrogens (tertiary/aromatic N) is 1. The van der Waals surface area contributed by atoms with Crippen molar-refractivity contribution in [3.05, 3.63) is 66.2 Å². The zero-order valence-electron chi connectivity index (χ0n) is 16.2. The van der Waals surface area contributed by atoms with Gasteiger partial charge >= 0.3 is 0 Å². The normalized spacial score (nSPS) is 12.1. The van der Waals surface area contributed by atoms with Gasteiger partial charge in [-0.2, -0.15) is 0 Å². The molecule has 1 amide bonds. The Bertz CT molecular complexity index is 889. The number of hydrogen-bond acceptors (Lipinski definition) is 2. The minimum Gasteiger partial charge on any atom is -0.352 e. The quantitative estimate of drug-likeness (QED) is 0.547. The molecule has 140 valence electrons. The van der Waals surface area contributed by atoms with Crippen LogP contribution in [0.25, 0.3) is 22.2 Å². The Hall–Kier alpha value is -2.68. The van der Waals surface area contributed by atoms with Crippen molar-refractivity contribution in [3.8, 4) is 11.3 Å². The van der Waals surface area contributed by atoms with Gasteiger partial charge in [-0.05, 0) is 24.5 Å². The fraction of sp³-hybridized carbons (Fsp3) is 0.333. The Morgan fingerprint density at radius 3 is 2.52 bits per heavy atom. The van der Waals surface area contributed by atoms with Crippen molar-refractivity contribution in [2.75, 3.05) is 6.54 Å². The maximum Gasteiger partial charge on any atom is 0.252 e. The third-order valence-corrected chi connectivity index (χ3v) is 5.12. The molecule has 0 aliphatic carbocycles. The molecule has 0 saturated carbocycles. The standard InChI is InChI=1S/C24H28N2O/c1-3-5-11-18(4-2)17-25-24(27)21-16-23(19-12-7-6-8-13-19)26-22-15-10-9-14-20(21)22/h6-10,12-16,18H,3-5,11,17H2,1-2H3,(H,25,27)/t18-/m1/s1. The highest BCUT2D eigenvalue weighted by Gasteiger charge is 2.15. The Morgan fingerprint density at radius 1 is 1.04 bits per heavy atom. The number of hydrogen-bond donors (Lipinski definition) is 1. The van der Waals surface area contributed by atoms with Gasteiger partial charge in [0.2, 0.25) is 0 Å². The number of aromatic nitrogens is 1. The number of para-hydroxylation sites is 1. The van der Waals surface area contributed by atoms with E-state index < -0.39 is 0 Å². The third-order valence-electron chi connectivity index (χ3n) is 5.12. The molecule has 3 aromatic rings. The Kier molecular flexibility index (Phi) is 6.59. The van der Waals surface area contributed by atoms with Gasteiger partial charge in [-0.15, -0.1) is 0 Å². The minimum atomic E-state index is -0.0132. The maximum absolute atomic E-state index is 13.0. The van der Waals surface area contributed by atoms with Crippen LogP contribution in [0, 0.1) is 5.92 Å². The number of carbonyl (C=O) groups is 1. The van der Waals surface area contributed by atoms with Crippen LogP contribution in [0.1, 0.15) is 49.9 Å². The second-order valence-electron chi connectivity index (χ2n) is 7.06. The highest BCUT2D eigenvalue weighted by molar-refractivity contribution is 6.07. The molecule has 0 unspecified atom stereocenters. The second-order valence-corrected chi connectivity index (χ2v) is 7.06. The first kappa shape index (κ1) is 19.1. The summed E-state index contributed by atoms with van der Waals surface area (Å²) in [5, 5.41) is 4.06. The monoisotopic (exact) mass is 360 g/mol. The zero-order valence-corrected chi connectivity index (χ0v) is 16.2. The van der Waals surface area contributed by atoms with Crippen molar-refractivity contribution >= 4 is 16.8 Å².